The first-order valence-corrected chi connectivity index (χ1v) is 15.4. The molecule has 0 amide bonds. The maximum absolute atomic E-state index is 14.2. The quantitative estimate of drug-likeness (QED) is 0.0862. The number of carbonyl (C=O) groups is 2. The Balaban J connectivity index is 0.000000189. The average molecular weight is 745 g/mol. The predicted octanol–water partition coefficient (Wildman–Crippen LogP) is 6.52. The molecule has 0 fully saturated rings. The Morgan fingerprint density at radius 3 is 1.65 bits per heavy atom. The number of esters is 2. The van der Waals surface area contributed by atoms with Crippen molar-refractivity contribution in [1.82, 2.24) is 39.5 Å². The maximum Gasteiger partial charge on any atom is 0.338 e. The second kappa shape index (κ2) is 17.2. The van der Waals surface area contributed by atoms with Crippen LogP contribution in [0.4, 0.5) is 22.0 Å². The van der Waals surface area contributed by atoms with Crippen molar-refractivity contribution >= 4 is 35.9 Å². The Morgan fingerprint density at radius 2 is 1.22 bits per heavy atom. The van der Waals surface area contributed by atoms with E-state index in [0.29, 0.717) is 28.4 Å². The van der Waals surface area contributed by atoms with Gasteiger partial charge in [-0.1, -0.05) is 12.1 Å². The molecule has 6 rings (SSSR count). The van der Waals surface area contributed by atoms with E-state index in [1.165, 1.54) is 0 Å². The molecule has 1 N–H and O–H groups in total. The number of carbonyl (C=O) groups excluding carboxylic acids is 2. The zero-order valence-corrected chi connectivity index (χ0v) is 28.5. The number of ether oxygens (including phenoxy) is 2. The summed E-state index contributed by atoms with van der Waals surface area (Å²) in [5.41, 5.74) is 0.844. The molecule has 0 aliphatic carbocycles. The Kier molecular flexibility index (Phi) is 12.8. The molecule has 12 nitrogen and oxygen atoms in total. The Bertz CT molecular complexity index is 2170. The molecule has 6 aromatic rings. The number of halogens is 5. The topological polar surface area (TPSA) is 143 Å². The van der Waals surface area contributed by atoms with Crippen LogP contribution in [0.2, 0.25) is 0 Å². The summed E-state index contributed by atoms with van der Waals surface area (Å²) in [4.78, 5) is 30.2. The molecule has 0 aliphatic rings. The standard InChI is InChI=1S/C16H12F2N4O2S.C8H5F3O2.C8H8N4S/c1-22-14(12-5-3-4-6-19-12)20-21-16(22)25-13-10(17)7-9(8-11(13)18)15(23)24-2;1-13-8(12)4-2-5(9)7(11)6(10)3-4;1-12-7(10-11-8(12)13)6-4-2-3-5-9-6/h3-8H,1-2H3;2-3H,1H3;2-5H,1H3,(H,11,13). The molecule has 0 aliphatic heterocycles. The van der Waals surface area contributed by atoms with Crippen LogP contribution in [0.15, 0.2) is 83.1 Å². The predicted molar refractivity (Wildman–Crippen MR) is 175 cm³/mol. The monoisotopic (exact) mass is 744 g/mol. The van der Waals surface area contributed by atoms with Gasteiger partial charge in [0, 0.05) is 26.5 Å². The van der Waals surface area contributed by atoms with Gasteiger partial charge in [0.15, 0.2) is 39.0 Å². The normalized spacial score (nSPS) is 10.4. The van der Waals surface area contributed by atoms with E-state index in [9.17, 15) is 31.5 Å². The highest BCUT2D eigenvalue weighted by molar-refractivity contribution is 7.99. The minimum absolute atomic E-state index is 0.200. The largest absolute Gasteiger partial charge is 0.465 e. The highest BCUT2D eigenvalue weighted by atomic mass is 32.2. The molecule has 51 heavy (non-hydrogen) atoms. The van der Waals surface area contributed by atoms with Crippen molar-refractivity contribution in [2.75, 3.05) is 14.2 Å². The van der Waals surface area contributed by atoms with Crippen LogP contribution in [0.1, 0.15) is 20.7 Å². The molecular weight excluding hydrogens is 720 g/mol. The lowest BCUT2D eigenvalue weighted by Gasteiger charge is -2.07. The summed E-state index contributed by atoms with van der Waals surface area (Å²) < 4.78 is 78.5. The molecule has 4 heterocycles. The number of nitrogens with one attached hydrogen (secondary N) is 1. The molecule has 0 bridgehead atoms. The van der Waals surface area contributed by atoms with Crippen LogP contribution in [-0.4, -0.2) is 65.7 Å². The molecule has 0 radical (unpaired) electrons. The minimum Gasteiger partial charge on any atom is -0.465 e. The van der Waals surface area contributed by atoms with Crippen LogP contribution in [0, 0.1) is 33.9 Å². The highest BCUT2D eigenvalue weighted by Gasteiger charge is 2.20. The first-order valence-electron chi connectivity index (χ1n) is 14.2. The maximum atomic E-state index is 14.2. The van der Waals surface area contributed by atoms with Gasteiger partial charge in [0.05, 0.1) is 30.2 Å². The number of nitrogens with zero attached hydrogens (tertiary/aromatic N) is 7. The lowest BCUT2D eigenvalue weighted by atomic mass is 10.2. The number of benzene rings is 2. The molecule has 0 saturated heterocycles. The van der Waals surface area contributed by atoms with Crippen LogP contribution in [0.25, 0.3) is 23.0 Å². The third kappa shape index (κ3) is 9.25. The number of pyridine rings is 2. The minimum atomic E-state index is -1.60. The molecule has 264 valence electrons. The van der Waals surface area contributed by atoms with Crippen LogP contribution in [0.5, 0.6) is 0 Å². The SMILES string of the molecule is COC(=O)c1cc(F)c(F)c(F)c1.COC(=O)c1cc(F)c(Sc2nnc(-c3ccccn3)n2C)c(F)c1.Cn1c(-c2ccccn2)n[nH]c1=S. The van der Waals surface area contributed by atoms with Gasteiger partial charge in [0.1, 0.15) is 23.0 Å². The number of hydrogen-bond donors (Lipinski definition) is 1. The van der Waals surface area contributed by atoms with Crippen LogP contribution in [0.3, 0.4) is 0 Å². The van der Waals surface area contributed by atoms with Gasteiger partial charge in [-0.15, -0.1) is 10.2 Å². The van der Waals surface area contributed by atoms with Crippen LogP contribution < -0.4 is 0 Å². The Morgan fingerprint density at radius 1 is 0.725 bits per heavy atom. The number of H-pyrrole nitrogens is 1. The number of methoxy groups -OCH3 is 2. The van der Waals surface area contributed by atoms with Gasteiger partial charge in [-0.05, 0) is 72.5 Å². The van der Waals surface area contributed by atoms with Crippen molar-refractivity contribution in [2.45, 2.75) is 10.1 Å². The zero-order valence-electron chi connectivity index (χ0n) is 26.9. The van der Waals surface area contributed by atoms with Crippen molar-refractivity contribution in [3.63, 3.8) is 0 Å². The first-order chi connectivity index (χ1) is 24.4. The second-order valence-electron chi connectivity index (χ2n) is 9.81. The summed E-state index contributed by atoms with van der Waals surface area (Å²) >= 11 is 5.76. The lowest BCUT2D eigenvalue weighted by Crippen LogP contribution is -2.04. The number of rotatable bonds is 6. The summed E-state index contributed by atoms with van der Waals surface area (Å²) in [6.45, 7) is 0. The van der Waals surface area contributed by atoms with E-state index < -0.39 is 41.0 Å². The summed E-state index contributed by atoms with van der Waals surface area (Å²) in [7, 11) is 5.72. The van der Waals surface area contributed by atoms with E-state index in [4.69, 9.17) is 12.2 Å². The molecule has 4 aromatic heterocycles. The molecule has 19 heteroatoms. The molecule has 0 unspecified atom stereocenters. The average Bonchev–Trinajstić information content (AvgIpc) is 3.68. The lowest BCUT2D eigenvalue weighted by molar-refractivity contribution is 0.0590. The van der Waals surface area contributed by atoms with Crippen molar-refractivity contribution in [1.29, 1.82) is 0 Å². The fraction of sp³-hybridized carbons (Fsp3) is 0.125. The third-order valence-electron chi connectivity index (χ3n) is 6.52. The Labute approximate surface area is 295 Å². The van der Waals surface area contributed by atoms with E-state index >= 15 is 0 Å². The fourth-order valence-electron chi connectivity index (χ4n) is 3.97. The first kappa shape index (κ1) is 38.0. The molecule has 2 aromatic carbocycles. The van der Waals surface area contributed by atoms with E-state index in [1.54, 1.807) is 46.8 Å². The third-order valence-corrected chi connectivity index (χ3v) is 8.02. The van der Waals surface area contributed by atoms with E-state index in [1.807, 2.05) is 25.2 Å². The van der Waals surface area contributed by atoms with Gasteiger partial charge in [-0.3, -0.25) is 15.1 Å². The summed E-state index contributed by atoms with van der Waals surface area (Å²) in [6.07, 6.45) is 3.34. The van der Waals surface area contributed by atoms with Gasteiger partial charge in [-0.2, -0.15) is 5.10 Å². The molecule has 0 atom stereocenters. The van der Waals surface area contributed by atoms with Gasteiger partial charge < -0.3 is 18.6 Å². The molecule has 0 saturated carbocycles. The number of hydrogen-bond acceptors (Lipinski definition) is 11. The van der Waals surface area contributed by atoms with Crippen molar-refractivity contribution < 1.29 is 41.0 Å². The second-order valence-corrected chi connectivity index (χ2v) is 11.2. The Hall–Kier alpha value is -5.82. The number of aromatic nitrogens is 8. The van der Waals surface area contributed by atoms with Gasteiger partial charge in [-0.25, -0.2) is 31.5 Å². The van der Waals surface area contributed by atoms with Gasteiger partial charge >= 0.3 is 11.9 Å². The summed E-state index contributed by atoms with van der Waals surface area (Å²) in [5, 5.41) is 15.0. The highest BCUT2D eigenvalue weighted by Crippen LogP contribution is 2.33. The van der Waals surface area contributed by atoms with E-state index in [0.717, 1.165) is 49.6 Å². The molecular formula is C32H25F5N8O4S2. The van der Waals surface area contributed by atoms with Crippen molar-refractivity contribution in [2.24, 2.45) is 14.1 Å². The summed E-state index contributed by atoms with van der Waals surface area (Å²) in [5.74, 6) is -6.71. The number of aromatic amines is 1. The van der Waals surface area contributed by atoms with Crippen LogP contribution >= 0.6 is 24.0 Å². The smallest absolute Gasteiger partial charge is 0.338 e. The van der Waals surface area contributed by atoms with Crippen molar-refractivity contribution in [3.05, 3.63) is 118 Å². The zero-order chi connectivity index (χ0) is 37.2. The van der Waals surface area contributed by atoms with E-state index in [-0.39, 0.29) is 21.2 Å². The summed E-state index contributed by atoms with van der Waals surface area (Å²) in [6, 6.07) is 14.0. The van der Waals surface area contributed by atoms with Crippen LogP contribution in [-0.2, 0) is 23.6 Å². The molecule has 0 spiro atoms. The van der Waals surface area contributed by atoms with Gasteiger partial charge in [0.2, 0.25) is 0 Å². The fourth-order valence-corrected chi connectivity index (χ4v) is 4.90. The van der Waals surface area contributed by atoms with Gasteiger partial charge in [0.25, 0.3) is 0 Å². The van der Waals surface area contributed by atoms with E-state index in [2.05, 4.69) is 39.8 Å². The van der Waals surface area contributed by atoms with Crippen molar-refractivity contribution in [3.8, 4) is 23.0 Å².